The van der Waals surface area contributed by atoms with Crippen molar-refractivity contribution < 1.29 is 4.42 Å². The van der Waals surface area contributed by atoms with Crippen LogP contribution < -0.4 is 0 Å². The minimum Gasteiger partial charge on any atom is -0.456 e. The van der Waals surface area contributed by atoms with Crippen molar-refractivity contribution >= 4 is 75.8 Å². The predicted molar refractivity (Wildman–Crippen MR) is 209 cm³/mol. The lowest BCUT2D eigenvalue weighted by Crippen LogP contribution is -1.93. The lowest BCUT2D eigenvalue weighted by atomic mass is 9.82. The Morgan fingerprint density at radius 1 is 0.286 bits per heavy atom. The molecule has 0 unspecified atom stereocenters. The van der Waals surface area contributed by atoms with Gasteiger partial charge in [0.05, 0.1) is 0 Å². The Morgan fingerprint density at radius 3 is 1.57 bits per heavy atom. The average molecular weight is 621 g/mol. The molecule has 10 aromatic carbocycles. The Morgan fingerprint density at radius 2 is 0.837 bits per heavy atom. The summed E-state index contributed by atoms with van der Waals surface area (Å²) in [7, 11) is 0. The van der Waals surface area contributed by atoms with Crippen LogP contribution in [0.4, 0.5) is 0 Å². The normalized spacial score (nSPS) is 12.1. The summed E-state index contributed by atoms with van der Waals surface area (Å²) >= 11 is 0. The zero-order valence-corrected chi connectivity index (χ0v) is 26.6. The van der Waals surface area contributed by atoms with Crippen LogP contribution in [0.25, 0.3) is 109 Å². The molecule has 0 saturated heterocycles. The molecular weight excluding hydrogens is 593 g/mol. The fourth-order valence-corrected chi connectivity index (χ4v) is 8.52. The largest absolute Gasteiger partial charge is 0.456 e. The van der Waals surface area contributed by atoms with Crippen LogP contribution in [0.15, 0.2) is 174 Å². The molecule has 1 heteroatoms. The highest BCUT2D eigenvalue weighted by Gasteiger charge is 2.21. The van der Waals surface area contributed by atoms with E-state index in [2.05, 4.69) is 158 Å². The fourth-order valence-electron chi connectivity index (χ4n) is 8.52. The number of hydrogen-bond acceptors (Lipinski definition) is 1. The second-order valence-electron chi connectivity index (χ2n) is 13.2. The van der Waals surface area contributed by atoms with Crippen molar-refractivity contribution in [3.05, 3.63) is 170 Å². The van der Waals surface area contributed by atoms with Crippen molar-refractivity contribution in [1.82, 2.24) is 0 Å². The van der Waals surface area contributed by atoms with Gasteiger partial charge in [0, 0.05) is 10.8 Å². The van der Waals surface area contributed by atoms with Gasteiger partial charge in [0.15, 0.2) is 0 Å². The van der Waals surface area contributed by atoms with Crippen LogP contribution in [0, 0.1) is 0 Å². The van der Waals surface area contributed by atoms with Gasteiger partial charge in [-0.25, -0.2) is 0 Å². The number of para-hydroxylation sites is 1. The first kappa shape index (κ1) is 26.6. The van der Waals surface area contributed by atoms with Crippen LogP contribution in [0.1, 0.15) is 0 Å². The van der Waals surface area contributed by atoms with Gasteiger partial charge in [-0.15, -0.1) is 0 Å². The van der Waals surface area contributed by atoms with Gasteiger partial charge in [-0.3, -0.25) is 0 Å². The number of fused-ring (bicyclic) bond motifs is 5. The summed E-state index contributed by atoms with van der Waals surface area (Å²) in [4.78, 5) is 0. The van der Waals surface area contributed by atoms with Crippen LogP contribution >= 0.6 is 0 Å². The maximum Gasteiger partial charge on any atom is 0.135 e. The van der Waals surface area contributed by atoms with E-state index >= 15 is 0 Å². The van der Waals surface area contributed by atoms with Crippen molar-refractivity contribution in [3.63, 3.8) is 0 Å². The molecule has 0 bridgehead atoms. The highest BCUT2D eigenvalue weighted by atomic mass is 16.3. The van der Waals surface area contributed by atoms with E-state index in [0.29, 0.717) is 0 Å². The van der Waals surface area contributed by atoms with Crippen LogP contribution in [0.5, 0.6) is 0 Å². The maximum atomic E-state index is 6.22. The monoisotopic (exact) mass is 620 g/mol. The minimum atomic E-state index is 0.914. The molecule has 49 heavy (non-hydrogen) atoms. The number of benzene rings is 10. The SMILES string of the molecule is c1ccc(-c2ccc3ccc4cccc5ccc2c3c45)c(-c2c3ccccc3c(-c3ccc4oc5ccccc5c4c3)c3ccccc23)c1. The van der Waals surface area contributed by atoms with Crippen molar-refractivity contribution in [3.8, 4) is 33.4 Å². The third-order valence-corrected chi connectivity index (χ3v) is 10.6. The third kappa shape index (κ3) is 3.76. The second kappa shape index (κ2) is 10.0. The van der Waals surface area contributed by atoms with Crippen LogP contribution in [0.2, 0.25) is 0 Å². The Kier molecular flexibility index (Phi) is 5.45. The molecule has 0 N–H and O–H groups in total. The summed E-state index contributed by atoms with van der Waals surface area (Å²) < 4.78 is 6.22. The topological polar surface area (TPSA) is 13.1 Å². The van der Waals surface area contributed by atoms with Gasteiger partial charge < -0.3 is 4.42 Å². The minimum absolute atomic E-state index is 0.914. The molecule has 0 amide bonds. The summed E-state index contributed by atoms with van der Waals surface area (Å²) in [6.45, 7) is 0. The Balaban J connectivity index is 1.22. The first-order valence-electron chi connectivity index (χ1n) is 16.9. The maximum absolute atomic E-state index is 6.22. The quantitative estimate of drug-likeness (QED) is 0.141. The van der Waals surface area contributed by atoms with Gasteiger partial charge in [-0.1, -0.05) is 152 Å². The zero-order valence-electron chi connectivity index (χ0n) is 26.6. The average Bonchev–Trinajstić information content (AvgIpc) is 3.54. The molecule has 0 radical (unpaired) electrons. The molecule has 226 valence electrons. The van der Waals surface area contributed by atoms with Gasteiger partial charge in [0.25, 0.3) is 0 Å². The van der Waals surface area contributed by atoms with Gasteiger partial charge >= 0.3 is 0 Å². The zero-order chi connectivity index (χ0) is 32.1. The van der Waals surface area contributed by atoms with E-state index in [0.717, 1.165) is 21.9 Å². The molecule has 11 rings (SSSR count). The second-order valence-corrected chi connectivity index (χ2v) is 13.2. The smallest absolute Gasteiger partial charge is 0.135 e. The number of rotatable bonds is 3. The Bertz CT molecular complexity index is 3030. The molecule has 0 aliphatic carbocycles. The standard InChI is InChI=1S/C48H28O/c1-2-14-36(33(12-1)34-25-22-31-21-20-29-10-9-11-30-23-26-41(34)47(31)45(29)30)48-39-17-5-3-15-37(39)46(38-16-4-6-18-40(38)48)32-24-27-44-42(28-32)35-13-7-8-19-43(35)49-44/h1-28H. The molecule has 0 spiro atoms. The Labute approximate surface area is 282 Å². The van der Waals surface area contributed by atoms with E-state index < -0.39 is 0 Å². The number of furan rings is 1. The van der Waals surface area contributed by atoms with Crippen LogP contribution in [0.3, 0.4) is 0 Å². The molecular formula is C48H28O. The highest BCUT2D eigenvalue weighted by molar-refractivity contribution is 6.27. The molecule has 0 aliphatic rings. The summed E-state index contributed by atoms with van der Waals surface area (Å²) in [6.07, 6.45) is 0. The molecule has 1 nitrogen and oxygen atoms in total. The first-order valence-corrected chi connectivity index (χ1v) is 16.9. The predicted octanol–water partition coefficient (Wildman–Crippen LogP) is 13.8. The fraction of sp³-hybridized carbons (Fsp3) is 0. The molecule has 0 fully saturated rings. The van der Waals surface area contributed by atoms with E-state index in [4.69, 9.17) is 4.42 Å². The van der Waals surface area contributed by atoms with E-state index in [-0.39, 0.29) is 0 Å². The van der Waals surface area contributed by atoms with Crippen molar-refractivity contribution in [2.24, 2.45) is 0 Å². The van der Waals surface area contributed by atoms with Gasteiger partial charge in [-0.2, -0.15) is 0 Å². The molecule has 0 saturated carbocycles. The van der Waals surface area contributed by atoms with Gasteiger partial charge in [-0.05, 0) is 105 Å². The van der Waals surface area contributed by atoms with E-state index in [1.165, 1.54) is 87.2 Å². The molecule has 0 atom stereocenters. The summed E-state index contributed by atoms with van der Waals surface area (Å²) in [6, 6.07) is 62.2. The molecule has 0 aliphatic heterocycles. The highest BCUT2D eigenvalue weighted by Crippen LogP contribution is 2.48. The van der Waals surface area contributed by atoms with Crippen molar-refractivity contribution in [2.75, 3.05) is 0 Å². The summed E-state index contributed by atoms with van der Waals surface area (Å²) in [5, 5.41) is 15.1. The van der Waals surface area contributed by atoms with E-state index in [9.17, 15) is 0 Å². The van der Waals surface area contributed by atoms with E-state index in [1.54, 1.807) is 0 Å². The van der Waals surface area contributed by atoms with Crippen LogP contribution in [-0.4, -0.2) is 0 Å². The van der Waals surface area contributed by atoms with Gasteiger partial charge in [0.2, 0.25) is 0 Å². The molecule has 11 aromatic rings. The summed E-state index contributed by atoms with van der Waals surface area (Å²) in [5.41, 5.74) is 9.30. The van der Waals surface area contributed by atoms with Crippen molar-refractivity contribution in [2.45, 2.75) is 0 Å². The van der Waals surface area contributed by atoms with E-state index in [1.807, 2.05) is 12.1 Å². The Hall–Kier alpha value is -6.44. The lowest BCUT2D eigenvalue weighted by molar-refractivity contribution is 0.669. The molecule has 1 heterocycles. The molecule has 1 aromatic heterocycles. The van der Waals surface area contributed by atoms with Gasteiger partial charge in [0.1, 0.15) is 11.2 Å². The summed E-state index contributed by atoms with van der Waals surface area (Å²) in [5.74, 6) is 0. The number of hydrogen-bond donors (Lipinski definition) is 0. The first-order chi connectivity index (χ1) is 24.3. The van der Waals surface area contributed by atoms with Crippen LogP contribution in [-0.2, 0) is 0 Å². The third-order valence-electron chi connectivity index (χ3n) is 10.6. The van der Waals surface area contributed by atoms with Crippen molar-refractivity contribution in [1.29, 1.82) is 0 Å². The lowest BCUT2D eigenvalue weighted by Gasteiger charge is -2.21.